The highest BCUT2D eigenvalue weighted by molar-refractivity contribution is 5.96. The summed E-state index contributed by atoms with van der Waals surface area (Å²) in [5.41, 5.74) is 2.29. The average Bonchev–Trinajstić information content (AvgIpc) is 2.50. The van der Waals surface area contributed by atoms with Crippen molar-refractivity contribution in [1.29, 1.82) is 0 Å². The van der Waals surface area contributed by atoms with E-state index in [0.717, 1.165) is 17.2 Å². The molecule has 0 spiro atoms. The zero-order valence-electron chi connectivity index (χ0n) is 12.2. The number of amides is 2. The molecule has 5 heteroatoms. The van der Waals surface area contributed by atoms with E-state index in [2.05, 4.69) is 10.6 Å². The van der Waals surface area contributed by atoms with Crippen molar-refractivity contribution in [3.63, 3.8) is 0 Å². The fourth-order valence-electron chi connectivity index (χ4n) is 1.98. The third kappa shape index (κ3) is 4.70. The van der Waals surface area contributed by atoms with Gasteiger partial charge in [0.25, 0.3) is 5.91 Å². The van der Waals surface area contributed by atoms with Crippen molar-refractivity contribution < 1.29 is 14.0 Å². The second-order valence-electron chi connectivity index (χ2n) is 4.96. The number of rotatable bonds is 5. The second-order valence-corrected chi connectivity index (χ2v) is 4.96. The highest BCUT2D eigenvalue weighted by Crippen LogP contribution is 2.04. The number of carbonyl (C=O) groups excluding carboxylic acids is 2. The average molecular weight is 300 g/mol. The molecule has 4 nitrogen and oxygen atoms in total. The van der Waals surface area contributed by atoms with E-state index in [9.17, 15) is 14.0 Å². The summed E-state index contributed by atoms with van der Waals surface area (Å²) < 4.78 is 13.0. The van der Waals surface area contributed by atoms with E-state index in [1.54, 1.807) is 0 Å². The first-order valence-electron chi connectivity index (χ1n) is 6.90. The highest BCUT2D eigenvalue weighted by Gasteiger charge is 2.08. The van der Waals surface area contributed by atoms with E-state index in [0.29, 0.717) is 6.54 Å². The van der Waals surface area contributed by atoms with E-state index < -0.39 is 11.7 Å². The van der Waals surface area contributed by atoms with Crippen molar-refractivity contribution in [3.8, 4) is 0 Å². The Morgan fingerprint density at radius 2 is 1.82 bits per heavy atom. The molecule has 0 radical (unpaired) electrons. The quantitative estimate of drug-likeness (QED) is 0.889. The lowest BCUT2D eigenvalue weighted by Gasteiger charge is -2.07. The van der Waals surface area contributed by atoms with Gasteiger partial charge in [0, 0.05) is 12.1 Å². The van der Waals surface area contributed by atoms with Crippen molar-refractivity contribution in [2.45, 2.75) is 13.5 Å². The smallest absolute Gasteiger partial charge is 0.251 e. The molecule has 0 aliphatic rings. The van der Waals surface area contributed by atoms with Crippen LogP contribution in [0, 0.1) is 12.7 Å². The van der Waals surface area contributed by atoms with E-state index in [-0.39, 0.29) is 18.0 Å². The molecule has 0 aromatic heterocycles. The minimum atomic E-state index is -0.489. The van der Waals surface area contributed by atoms with Crippen LogP contribution >= 0.6 is 0 Å². The first-order chi connectivity index (χ1) is 10.5. The number of halogens is 1. The molecule has 2 aromatic carbocycles. The number of hydrogen-bond acceptors (Lipinski definition) is 2. The lowest BCUT2D eigenvalue weighted by Crippen LogP contribution is -2.36. The third-order valence-corrected chi connectivity index (χ3v) is 3.07. The van der Waals surface area contributed by atoms with Gasteiger partial charge < -0.3 is 10.6 Å². The molecule has 2 rings (SSSR count). The van der Waals surface area contributed by atoms with Gasteiger partial charge in [-0.15, -0.1) is 0 Å². The molecule has 0 saturated carbocycles. The molecular formula is C17H17FN2O2. The van der Waals surface area contributed by atoms with Crippen molar-refractivity contribution >= 4 is 11.8 Å². The molecule has 0 fully saturated rings. The Balaban J connectivity index is 1.79. The summed E-state index contributed by atoms with van der Waals surface area (Å²) >= 11 is 0. The van der Waals surface area contributed by atoms with E-state index in [1.807, 2.05) is 31.2 Å². The lowest BCUT2D eigenvalue weighted by atomic mass is 10.1. The van der Waals surface area contributed by atoms with E-state index >= 15 is 0 Å². The Bertz CT molecular complexity index is 686. The Morgan fingerprint density at radius 3 is 2.55 bits per heavy atom. The zero-order valence-corrected chi connectivity index (χ0v) is 12.2. The monoisotopic (exact) mass is 300 g/mol. The first-order valence-corrected chi connectivity index (χ1v) is 6.90. The van der Waals surface area contributed by atoms with Crippen LogP contribution in [-0.2, 0) is 11.3 Å². The van der Waals surface area contributed by atoms with Crippen LogP contribution in [0.2, 0.25) is 0 Å². The van der Waals surface area contributed by atoms with Crippen molar-refractivity contribution in [2.24, 2.45) is 0 Å². The molecule has 0 aliphatic carbocycles. The van der Waals surface area contributed by atoms with Crippen molar-refractivity contribution in [2.75, 3.05) is 6.54 Å². The van der Waals surface area contributed by atoms with Gasteiger partial charge in [-0.25, -0.2) is 4.39 Å². The van der Waals surface area contributed by atoms with E-state index in [1.165, 1.54) is 18.2 Å². The second kappa shape index (κ2) is 7.36. The Hall–Kier alpha value is -2.69. The van der Waals surface area contributed by atoms with Crippen LogP contribution in [0.4, 0.5) is 4.39 Å². The number of carbonyl (C=O) groups is 2. The molecule has 2 N–H and O–H groups in total. The summed E-state index contributed by atoms with van der Waals surface area (Å²) in [5.74, 6) is -1.27. The minimum absolute atomic E-state index is 0.152. The Morgan fingerprint density at radius 1 is 1.05 bits per heavy atom. The Kier molecular flexibility index (Phi) is 5.25. The summed E-state index contributed by atoms with van der Waals surface area (Å²) in [6.07, 6.45) is 0. The van der Waals surface area contributed by atoms with Gasteiger partial charge in [-0.05, 0) is 30.7 Å². The summed E-state index contributed by atoms with van der Waals surface area (Å²) in [6, 6.07) is 13.1. The molecule has 0 bridgehead atoms. The third-order valence-electron chi connectivity index (χ3n) is 3.07. The van der Waals surface area contributed by atoms with Gasteiger partial charge in [0.1, 0.15) is 5.82 Å². The van der Waals surface area contributed by atoms with Crippen molar-refractivity contribution in [1.82, 2.24) is 10.6 Å². The summed E-state index contributed by atoms with van der Waals surface area (Å²) in [4.78, 5) is 23.5. The molecule has 0 heterocycles. The molecule has 0 unspecified atom stereocenters. The number of benzene rings is 2. The topological polar surface area (TPSA) is 58.2 Å². The van der Waals surface area contributed by atoms with Gasteiger partial charge in [0.2, 0.25) is 5.91 Å². The molecule has 114 valence electrons. The van der Waals surface area contributed by atoms with E-state index in [4.69, 9.17) is 0 Å². The van der Waals surface area contributed by atoms with Gasteiger partial charge in [-0.3, -0.25) is 9.59 Å². The fraction of sp³-hybridized carbons (Fsp3) is 0.176. The van der Waals surface area contributed by atoms with Crippen LogP contribution in [0.3, 0.4) is 0 Å². The van der Waals surface area contributed by atoms with Gasteiger partial charge >= 0.3 is 0 Å². The summed E-state index contributed by atoms with van der Waals surface area (Å²) in [6.45, 7) is 2.22. The fourth-order valence-corrected chi connectivity index (χ4v) is 1.98. The number of hydrogen-bond donors (Lipinski definition) is 2. The lowest BCUT2D eigenvalue weighted by molar-refractivity contribution is -0.120. The highest BCUT2D eigenvalue weighted by atomic mass is 19.1. The van der Waals surface area contributed by atoms with Gasteiger partial charge in [-0.2, -0.15) is 0 Å². The molecule has 22 heavy (non-hydrogen) atoms. The van der Waals surface area contributed by atoms with Crippen molar-refractivity contribution in [3.05, 3.63) is 71.0 Å². The number of aryl methyl sites for hydroxylation is 1. The van der Waals surface area contributed by atoms with Crippen LogP contribution < -0.4 is 10.6 Å². The normalized spacial score (nSPS) is 10.1. The predicted octanol–water partition coefficient (Wildman–Crippen LogP) is 2.18. The van der Waals surface area contributed by atoms with Gasteiger partial charge in [0.15, 0.2) is 0 Å². The first kappa shape index (κ1) is 15.7. The van der Waals surface area contributed by atoms with Crippen LogP contribution in [0.5, 0.6) is 0 Å². The number of nitrogens with one attached hydrogen (secondary N) is 2. The largest absolute Gasteiger partial charge is 0.350 e. The predicted molar refractivity (Wildman–Crippen MR) is 81.8 cm³/mol. The SMILES string of the molecule is Cc1cccc(CNC(=O)CNC(=O)c2cccc(F)c2)c1. The molecule has 2 aromatic rings. The summed E-state index contributed by atoms with van der Waals surface area (Å²) in [7, 11) is 0. The van der Waals surface area contributed by atoms with Crippen LogP contribution in [0.15, 0.2) is 48.5 Å². The Labute approximate surface area is 128 Å². The molecular weight excluding hydrogens is 283 g/mol. The molecule has 2 amide bonds. The van der Waals surface area contributed by atoms with Crippen LogP contribution in [-0.4, -0.2) is 18.4 Å². The molecule has 0 atom stereocenters. The van der Waals surface area contributed by atoms with Gasteiger partial charge in [0.05, 0.1) is 6.54 Å². The molecule has 0 saturated heterocycles. The standard InChI is InChI=1S/C17H17FN2O2/c1-12-4-2-5-13(8-12)10-19-16(21)11-20-17(22)14-6-3-7-15(18)9-14/h2-9H,10-11H2,1H3,(H,19,21)(H,20,22). The maximum atomic E-state index is 13.0. The molecule has 0 aliphatic heterocycles. The zero-order chi connectivity index (χ0) is 15.9. The summed E-state index contributed by atoms with van der Waals surface area (Å²) in [5, 5.41) is 5.17. The van der Waals surface area contributed by atoms with Crippen LogP contribution in [0.25, 0.3) is 0 Å². The maximum absolute atomic E-state index is 13.0. The minimum Gasteiger partial charge on any atom is -0.350 e. The maximum Gasteiger partial charge on any atom is 0.251 e. The van der Waals surface area contributed by atoms with Crippen LogP contribution in [0.1, 0.15) is 21.5 Å². The van der Waals surface area contributed by atoms with Gasteiger partial charge in [-0.1, -0.05) is 35.9 Å².